The van der Waals surface area contributed by atoms with Crippen molar-refractivity contribution < 1.29 is 16.8 Å². The van der Waals surface area contributed by atoms with E-state index in [-0.39, 0.29) is 30.5 Å². The average molecular weight is 498 g/mol. The van der Waals surface area contributed by atoms with E-state index in [2.05, 4.69) is 4.72 Å². The van der Waals surface area contributed by atoms with Gasteiger partial charge in [0.05, 0.1) is 20.0 Å². The lowest BCUT2D eigenvalue weighted by atomic mass is 10.0. The predicted molar refractivity (Wildman–Crippen MR) is 116 cm³/mol. The summed E-state index contributed by atoms with van der Waals surface area (Å²) in [6.07, 6.45) is 1.83. The quantitative estimate of drug-likeness (QED) is 0.597. The lowest BCUT2D eigenvalue weighted by Gasteiger charge is -2.30. The Hall–Kier alpha value is -1.03. The molecule has 29 heavy (non-hydrogen) atoms. The molecule has 1 atom stereocenters. The second-order valence-electron chi connectivity index (χ2n) is 6.94. The van der Waals surface area contributed by atoms with Crippen molar-refractivity contribution in [2.75, 3.05) is 17.8 Å². The van der Waals surface area contributed by atoms with Gasteiger partial charge in [0.2, 0.25) is 10.0 Å². The fourth-order valence-electron chi connectivity index (χ4n) is 3.13. The second-order valence-corrected chi connectivity index (χ2v) is 11.7. The average Bonchev–Trinajstić information content (AvgIpc) is 2.64. The zero-order chi connectivity index (χ0) is 21.4. The van der Waals surface area contributed by atoms with Crippen LogP contribution in [0.2, 0.25) is 15.1 Å². The summed E-state index contributed by atoms with van der Waals surface area (Å²) in [4.78, 5) is -0.116. The SMILES string of the molecule is CC1CCCN(S(=O)(=O)c2ccc(NS(=O)(=O)c3cc(Cl)c(Cl)cc3Cl)cc2)C1. The van der Waals surface area contributed by atoms with Crippen molar-refractivity contribution in [3.8, 4) is 0 Å². The molecular weight excluding hydrogens is 479 g/mol. The first kappa shape index (κ1) is 22.7. The molecule has 1 unspecified atom stereocenters. The van der Waals surface area contributed by atoms with Crippen LogP contribution in [0.5, 0.6) is 0 Å². The number of halogens is 3. The molecule has 0 spiro atoms. The van der Waals surface area contributed by atoms with Gasteiger partial charge in [-0.2, -0.15) is 4.31 Å². The van der Waals surface area contributed by atoms with Gasteiger partial charge >= 0.3 is 0 Å². The van der Waals surface area contributed by atoms with Crippen molar-refractivity contribution >= 4 is 60.5 Å². The van der Waals surface area contributed by atoms with Crippen LogP contribution in [-0.4, -0.2) is 34.2 Å². The van der Waals surface area contributed by atoms with Crippen molar-refractivity contribution in [1.82, 2.24) is 4.31 Å². The van der Waals surface area contributed by atoms with Gasteiger partial charge in [0, 0.05) is 18.8 Å². The lowest BCUT2D eigenvalue weighted by molar-refractivity contribution is 0.281. The molecule has 2 aromatic rings. The number of sulfonamides is 2. The van der Waals surface area contributed by atoms with E-state index < -0.39 is 20.0 Å². The van der Waals surface area contributed by atoms with Crippen LogP contribution in [0.3, 0.4) is 0 Å². The summed E-state index contributed by atoms with van der Waals surface area (Å²) in [5, 5.41) is 0.108. The lowest BCUT2D eigenvalue weighted by Crippen LogP contribution is -2.39. The molecule has 158 valence electrons. The minimum atomic E-state index is -4.04. The van der Waals surface area contributed by atoms with Crippen LogP contribution in [0.1, 0.15) is 19.8 Å². The van der Waals surface area contributed by atoms with E-state index >= 15 is 0 Å². The van der Waals surface area contributed by atoms with Gasteiger partial charge in [-0.05, 0) is 55.2 Å². The Morgan fingerprint density at radius 1 is 0.966 bits per heavy atom. The van der Waals surface area contributed by atoms with Crippen LogP contribution < -0.4 is 4.72 Å². The van der Waals surface area contributed by atoms with E-state index in [1.807, 2.05) is 6.92 Å². The molecule has 0 radical (unpaired) electrons. The highest BCUT2D eigenvalue weighted by Gasteiger charge is 2.28. The summed E-state index contributed by atoms with van der Waals surface area (Å²) in [5.74, 6) is 0.306. The topological polar surface area (TPSA) is 83.6 Å². The molecule has 1 aliphatic rings. The van der Waals surface area contributed by atoms with Gasteiger partial charge in [0.1, 0.15) is 4.90 Å². The van der Waals surface area contributed by atoms with Crippen molar-refractivity contribution in [1.29, 1.82) is 0 Å². The standard InChI is InChI=1S/C18H19Cl3N2O4S2/c1-12-3-2-8-23(11-12)29(26,27)14-6-4-13(5-7-14)22-28(24,25)18-10-16(20)15(19)9-17(18)21/h4-7,9-10,12,22H,2-3,8,11H2,1H3. The van der Waals surface area contributed by atoms with Crippen LogP contribution in [0.4, 0.5) is 5.69 Å². The molecule has 1 N–H and O–H groups in total. The number of nitrogens with zero attached hydrogens (tertiary/aromatic N) is 1. The zero-order valence-corrected chi connectivity index (χ0v) is 19.3. The summed E-state index contributed by atoms with van der Waals surface area (Å²) in [6, 6.07) is 7.94. The zero-order valence-electron chi connectivity index (χ0n) is 15.4. The molecule has 1 aliphatic heterocycles. The maximum atomic E-state index is 12.8. The first-order valence-electron chi connectivity index (χ1n) is 8.78. The van der Waals surface area contributed by atoms with Crippen molar-refractivity contribution in [2.24, 2.45) is 5.92 Å². The number of benzene rings is 2. The maximum Gasteiger partial charge on any atom is 0.263 e. The van der Waals surface area contributed by atoms with E-state index in [1.165, 1.54) is 34.6 Å². The highest BCUT2D eigenvalue weighted by atomic mass is 35.5. The predicted octanol–water partition coefficient (Wildman–Crippen LogP) is 4.87. The van der Waals surface area contributed by atoms with E-state index in [1.54, 1.807) is 0 Å². The number of nitrogens with one attached hydrogen (secondary N) is 1. The summed E-state index contributed by atoms with van der Waals surface area (Å²) >= 11 is 17.7. The maximum absolute atomic E-state index is 12.8. The van der Waals surface area contributed by atoms with Crippen LogP contribution in [0.15, 0.2) is 46.2 Å². The largest absolute Gasteiger partial charge is 0.280 e. The van der Waals surface area contributed by atoms with E-state index in [9.17, 15) is 16.8 Å². The first-order valence-corrected chi connectivity index (χ1v) is 12.8. The Morgan fingerprint density at radius 2 is 1.59 bits per heavy atom. The van der Waals surface area contributed by atoms with Gasteiger partial charge in [-0.3, -0.25) is 4.72 Å². The van der Waals surface area contributed by atoms with Gasteiger partial charge in [-0.1, -0.05) is 41.7 Å². The Morgan fingerprint density at radius 3 is 2.21 bits per heavy atom. The third kappa shape index (κ3) is 5.00. The van der Waals surface area contributed by atoms with Crippen molar-refractivity contribution in [3.63, 3.8) is 0 Å². The van der Waals surface area contributed by atoms with Crippen LogP contribution in [0, 0.1) is 5.92 Å². The van der Waals surface area contributed by atoms with Gasteiger partial charge in [0.25, 0.3) is 10.0 Å². The van der Waals surface area contributed by atoms with Crippen molar-refractivity contribution in [2.45, 2.75) is 29.6 Å². The Bertz CT molecular complexity index is 1120. The van der Waals surface area contributed by atoms with E-state index in [0.29, 0.717) is 19.0 Å². The second kappa shape index (κ2) is 8.61. The molecular formula is C18H19Cl3N2O4S2. The van der Waals surface area contributed by atoms with E-state index in [4.69, 9.17) is 34.8 Å². The number of anilines is 1. The first-order chi connectivity index (χ1) is 13.5. The van der Waals surface area contributed by atoms with Gasteiger partial charge in [0.15, 0.2) is 0 Å². The third-order valence-corrected chi connectivity index (χ3v) is 9.08. The number of hydrogen-bond donors (Lipinski definition) is 1. The molecule has 1 fully saturated rings. The minimum absolute atomic E-state index is 0.0497. The highest BCUT2D eigenvalue weighted by molar-refractivity contribution is 7.92. The number of rotatable bonds is 5. The van der Waals surface area contributed by atoms with Crippen LogP contribution in [0.25, 0.3) is 0 Å². The smallest absolute Gasteiger partial charge is 0.263 e. The van der Waals surface area contributed by atoms with Crippen LogP contribution in [-0.2, 0) is 20.0 Å². The summed E-state index contributed by atoms with van der Waals surface area (Å²) in [7, 11) is -7.67. The molecule has 3 rings (SSSR count). The molecule has 6 nitrogen and oxygen atoms in total. The number of piperidine rings is 1. The van der Waals surface area contributed by atoms with Crippen LogP contribution >= 0.6 is 34.8 Å². The fourth-order valence-corrected chi connectivity index (χ4v) is 6.79. The molecule has 0 saturated carbocycles. The molecule has 2 aromatic carbocycles. The van der Waals surface area contributed by atoms with Gasteiger partial charge in [-0.25, -0.2) is 16.8 Å². The number of hydrogen-bond acceptors (Lipinski definition) is 4. The molecule has 0 amide bonds. The van der Waals surface area contributed by atoms with E-state index in [0.717, 1.165) is 18.9 Å². The Balaban J connectivity index is 1.83. The fraction of sp³-hybridized carbons (Fsp3) is 0.333. The molecule has 0 aromatic heterocycles. The summed E-state index contributed by atoms with van der Waals surface area (Å²) in [6.45, 7) is 2.98. The molecule has 11 heteroatoms. The molecule has 1 heterocycles. The van der Waals surface area contributed by atoms with Gasteiger partial charge < -0.3 is 0 Å². The van der Waals surface area contributed by atoms with Crippen molar-refractivity contribution in [3.05, 3.63) is 51.5 Å². The molecule has 0 aliphatic carbocycles. The Kier molecular flexibility index (Phi) is 6.72. The monoisotopic (exact) mass is 496 g/mol. The highest BCUT2D eigenvalue weighted by Crippen LogP contribution is 2.33. The minimum Gasteiger partial charge on any atom is -0.280 e. The Labute approximate surface area is 185 Å². The normalized spacial score (nSPS) is 18.6. The molecule has 1 saturated heterocycles. The van der Waals surface area contributed by atoms with Gasteiger partial charge in [-0.15, -0.1) is 0 Å². The summed E-state index contributed by atoms with van der Waals surface area (Å²) < 4.78 is 54.7. The summed E-state index contributed by atoms with van der Waals surface area (Å²) in [5.41, 5.74) is 0.193. The third-order valence-electron chi connectivity index (χ3n) is 4.63. The molecule has 0 bridgehead atoms.